The number of nitrogens with zero attached hydrogens (tertiary/aromatic N) is 3. The average Bonchev–Trinajstić information content (AvgIpc) is 2.97. The Morgan fingerprint density at radius 3 is 2.19 bits per heavy atom. The van der Waals surface area contributed by atoms with E-state index in [9.17, 15) is 9.36 Å². The molecular weight excluding hydrogens is 559 g/mol. The molecule has 6 rings (SSSR count). The maximum Gasteiger partial charge on any atom is 0.332 e. The third-order valence-corrected chi connectivity index (χ3v) is 13.1. The Hall–Kier alpha value is -1.73. The molecule has 43 heavy (non-hydrogen) atoms. The van der Waals surface area contributed by atoms with Crippen LogP contribution < -0.4 is 10.9 Å². The van der Waals surface area contributed by atoms with Crippen molar-refractivity contribution in [1.29, 1.82) is 0 Å². The molecule has 4 fully saturated rings. The van der Waals surface area contributed by atoms with Crippen molar-refractivity contribution >= 4 is 24.4 Å². The van der Waals surface area contributed by atoms with Gasteiger partial charge in [-0.3, -0.25) is 14.3 Å². The van der Waals surface area contributed by atoms with Crippen LogP contribution in [-0.2, 0) is 13.6 Å². The van der Waals surface area contributed by atoms with Gasteiger partial charge in [-0.25, -0.2) is 4.98 Å². The maximum atomic E-state index is 14.1. The largest absolute Gasteiger partial charge is 0.365 e. The number of benzene rings is 1. The van der Waals surface area contributed by atoms with Crippen LogP contribution in [0.2, 0.25) is 0 Å². The van der Waals surface area contributed by atoms with Gasteiger partial charge in [-0.15, -0.1) is 0 Å². The average molecular weight is 613 g/mol. The number of nitrogens with one attached hydrogen (secondary N) is 1. The molecule has 8 nitrogen and oxygen atoms in total. The van der Waals surface area contributed by atoms with Gasteiger partial charge in [0.15, 0.2) is 5.82 Å². The highest BCUT2D eigenvalue weighted by atomic mass is 31.2. The smallest absolute Gasteiger partial charge is 0.332 e. The zero-order valence-electron chi connectivity index (χ0n) is 26.6. The van der Waals surface area contributed by atoms with Crippen molar-refractivity contribution in [3.8, 4) is 0 Å². The van der Waals surface area contributed by atoms with Gasteiger partial charge in [0, 0.05) is 30.7 Å². The zero-order chi connectivity index (χ0) is 30.0. The lowest BCUT2D eigenvalue weighted by atomic mass is 9.61. The first-order valence-electron chi connectivity index (χ1n) is 17.3. The van der Waals surface area contributed by atoms with Crippen LogP contribution in [-0.4, -0.2) is 58.5 Å². The second-order valence-electron chi connectivity index (χ2n) is 13.6. The fourth-order valence-electron chi connectivity index (χ4n) is 9.58. The minimum absolute atomic E-state index is 0.0764. The van der Waals surface area contributed by atoms with Crippen molar-refractivity contribution in [3.63, 3.8) is 0 Å². The van der Waals surface area contributed by atoms with Crippen molar-refractivity contribution in [1.82, 2.24) is 14.5 Å². The third-order valence-electron chi connectivity index (χ3n) is 11.1. The molecule has 2 saturated heterocycles. The van der Waals surface area contributed by atoms with Gasteiger partial charge in [0.25, 0.3) is 5.56 Å². The van der Waals surface area contributed by atoms with Crippen LogP contribution in [0.25, 0.3) is 11.0 Å². The minimum atomic E-state index is -3.21. The molecule has 0 radical (unpaired) electrons. The molecule has 9 heteroatoms. The molecule has 4 atom stereocenters. The summed E-state index contributed by atoms with van der Waals surface area (Å²) < 4.78 is 26.0. The summed E-state index contributed by atoms with van der Waals surface area (Å²) in [5, 5.41) is 3.22. The molecule has 1 aromatic carbocycles. The molecule has 0 spiro atoms. The van der Waals surface area contributed by atoms with E-state index in [1.807, 2.05) is 42.7 Å². The molecule has 2 saturated carbocycles. The summed E-state index contributed by atoms with van der Waals surface area (Å²) in [5.74, 6) is 3.11. The molecule has 1 N–H and O–H groups in total. The first-order chi connectivity index (χ1) is 20.9. The van der Waals surface area contributed by atoms with Gasteiger partial charge in [-0.05, 0) is 82.3 Å². The van der Waals surface area contributed by atoms with Crippen molar-refractivity contribution in [2.45, 2.75) is 122 Å². The van der Waals surface area contributed by atoms with Crippen molar-refractivity contribution < 1.29 is 13.6 Å². The van der Waals surface area contributed by atoms with Gasteiger partial charge < -0.3 is 18.9 Å². The van der Waals surface area contributed by atoms with Crippen molar-refractivity contribution in [2.24, 2.45) is 17.8 Å². The van der Waals surface area contributed by atoms with Crippen LogP contribution in [0, 0.1) is 17.8 Å². The monoisotopic (exact) mass is 612 g/mol. The van der Waals surface area contributed by atoms with Crippen LogP contribution in [0.15, 0.2) is 29.1 Å². The molecular formula is C34H53N4O4P. The van der Waals surface area contributed by atoms with Crippen LogP contribution >= 0.6 is 7.60 Å². The van der Waals surface area contributed by atoms with Crippen LogP contribution in [0.1, 0.15) is 104 Å². The number of rotatable bonds is 12. The quantitative estimate of drug-likeness (QED) is 0.247. The summed E-state index contributed by atoms with van der Waals surface area (Å²) in [6.07, 6.45) is 15.8. The standard InChI is InChI=1S/C34H53N4O4P/c1-4-11-30-24-12-9-13-25(30)21-28(20-24)37-26-14-10-15-27(37)23-29(22-26)38-32-17-8-7-16-31(32)36-33(34(38)39)35-18-19-43(40,41-5-2)42-6-3/h7-8,16-17,24-30H,4-6,9-15,18-23H2,1-3H3,(H,35,36). The van der Waals surface area contributed by atoms with E-state index < -0.39 is 7.60 Å². The molecule has 2 aromatic rings. The second-order valence-corrected chi connectivity index (χ2v) is 15.7. The second kappa shape index (κ2) is 13.7. The van der Waals surface area contributed by atoms with E-state index in [4.69, 9.17) is 14.0 Å². The van der Waals surface area contributed by atoms with Gasteiger partial charge in [-0.1, -0.05) is 57.6 Å². The summed E-state index contributed by atoms with van der Waals surface area (Å²) in [6.45, 7) is 6.92. The van der Waals surface area contributed by atoms with Gasteiger partial charge >= 0.3 is 7.60 Å². The molecule has 1 aromatic heterocycles. The number of anilines is 1. The molecule has 238 valence electrons. The maximum absolute atomic E-state index is 14.1. The van der Waals surface area contributed by atoms with Gasteiger partial charge in [-0.2, -0.15) is 0 Å². The predicted molar refractivity (Wildman–Crippen MR) is 174 cm³/mol. The predicted octanol–water partition coefficient (Wildman–Crippen LogP) is 7.63. The normalized spacial score (nSPS) is 31.3. The Morgan fingerprint density at radius 1 is 0.884 bits per heavy atom. The van der Waals surface area contributed by atoms with E-state index >= 15 is 0 Å². The highest BCUT2D eigenvalue weighted by Crippen LogP contribution is 2.51. The van der Waals surface area contributed by atoms with Gasteiger partial charge in [0.2, 0.25) is 0 Å². The number of fused-ring (bicyclic) bond motifs is 5. The molecule has 4 aliphatic rings. The Bertz CT molecular complexity index is 1310. The lowest BCUT2D eigenvalue weighted by Crippen LogP contribution is -2.59. The molecule has 4 bridgehead atoms. The van der Waals surface area contributed by atoms with E-state index in [-0.39, 0.29) is 17.8 Å². The van der Waals surface area contributed by atoms with Gasteiger partial charge in [0.1, 0.15) is 0 Å². The van der Waals surface area contributed by atoms with Crippen molar-refractivity contribution in [2.75, 3.05) is 31.2 Å². The van der Waals surface area contributed by atoms with E-state index in [0.29, 0.717) is 43.7 Å². The Labute approximate surface area is 257 Å². The number of para-hydroxylation sites is 2. The molecule has 2 aliphatic carbocycles. The minimum Gasteiger partial charge on any atom is -0.365 e. The molecule has 2 aliphatic heterocycles. The van der Waals surface area contributed by atoms with E-state index in [1.54, 1.807) is 0 Å². The Morgan fingerprint density at radius 2 is 1.53 bits per heavy atom. The number of piperidine rings is 2. The third kappa shape index (κ3) is 6.50. The zero-order valence-corrected chi connectivity index (χ0v) is 27.5. The highest BCUT2D eigenvalue weighted by molar-refractivity contribution is 7.53. The molecule has 0 amide bonds. The summed E-state index contributed by atoms with van der Waals surface area (Å²) in [6, 6.07) is 9.99. The molecule has 3 heterocycles. The fourth-order valence-corrected chi connectivity index (χ4v) is 11.1. The van der Waals surface area contributed by atoms with E-state index in [2.05, 4.69) is 17.1 Å². The number of hydrogen-bond donors (Lipinski definition) is 1. The Balaban J connectivity index is 1.23. The van der Waals surface area contributed by atoms with Crippen LogP contribution in [0.3, 0.4) is 0 Å². The number of hydrogen-bond acceptors (Lipinski definition) is 7. The van der Waals surface area contributed by atoms with Crippen LogP contribution in [0.5, 0.6) is 0 Å². The lowest BCUT2D eigenvalue weighted by Gasteiger charge is -2.57. The SMILES string of the molecule is CCCC1C2CCCC1CC(N1C3CCCC1CC(n1c(=O)c(NCCP(=O)(OCC)OCC)nc4ccccc41)C3)C2. The van der Waals surface area contributed by atoms with Crippen molar-refractivity contribution in [3.05, 3.63) is 34.6 Å². The topological polar surface area (TPSA) is 85.7 Å². The first-order valence-corrected chi connectivity index (χ1v) is 19.1. The lowest BCUT2D eigenvalue weighted by molar-refractivity contribution is -0.0652. The number of aromatic nitrogens is 2. The van der Waals surface area contributed by atoms with Gasteiger partial charge in [0.05, 0.1) is 30.4 Å². The molecule has 4 unspecified atom stereocenters. The fraction of sp³-hybridized carbons (Fsp3) is 0.765. The summed E-state index contributed by atoms with van der Waals surface area (Å²) >= 11 is 0. The van der Waals surface area contributed by atoms with Crippen LogP contribution in [0.4, 0.5) is 5.82 Å². The highest BCUT2D eigenvalue weighted by Gasteiger charge is 2.47. The summed E-state index contributed by atoms with van der Waals surface area (Å²) in [5.41, 5.74) is 1.66. The first kappa shape index (κ1) is 31.3. The van der Waals surface area contributed by atoms with E-state index in [1.165, 1.54) is 64.2 Å². The van der Waals surface area contributed by atoms with E-state index in [0.717, 1.165) is 41.6 Å². The Kier molecular flexibility index (Phi) is 9.98. The summed E-state index contributed by atoms with van der Waals surface area (Å²) in [7, 11) is -3.21. The summed E-state index contributed by atoms with van der Waals surface area (Å²) in [4.78, 5) is 21.8.